The van der Waals surface area contributed by atoms with Crippen LogP contribution >= 0.6 is 0 Å². The number of nitrogens with two attached hydrogens (primary N) is 1. The summed E-state index contributed by atoms with van der Waals surface area (Å²) in [6, 6.07) is 7.67. The van der Waals surface area contributed by atoms with Gasteiger partial charge >= 0.3 is 11.9 Å². The van der Waals surface area contributed by atoms with Crippen molar-refractivity contribution in [2.75, 3.05) is 5.43 Å². The van der Waals surface area contributed by atoms with E-state index in [4.69, 9.17) is 15.9 Å². The number of nitrogens with one attached hydrogen (secondary N) is 2. The maximum Gasteiger partial charge on any atom is 0.320 e. The SMILES string of the molecule is N[C@@H](C[C@@H](CCC(=O)NNc1ccccc1)C(=O)O)C(=O)O. The molecule has 1 aromatic rings. The first-order valence-corrected chi connectivity index (χ1v) is 6.71. The monoisotopic (exact) mass is 309 g/mol. The Hall–Kier alpha value is -2.61. The third-order valence-electron chi connectivity index (χ3n) is 3.04. The van der Waals surface area contributed by atoms with Gasteiger partial charge in [-0.05, 0) is 25.0 Å². The molecule has 0 unspecified atom stereocenters. The number of benzene rings is 1. The quantitative estimate of drug-likeness (QED) is 0.416. The van der Waals surface area contributed by atoms with Gasteiger partial charge in [0.05, 0.1) is 11.6 Å². The van der Waals surface area contributed by atoms with E-state index in [0.29, 0.717) is 5.69 Å². The largest absolute Gasteiger partial charge is 0.481 e. The number of rotatable bonds is 9. The molecule has 1 rings (SSSR count). The number of hydrogen-bond donors (Lipinski definition) is 5. The maximum absolute atomic E-state index is 11.6. The molecule has 22 heavy (non-hydrogen) atoms. The highest BCUT2D eigenvalue weighted by molar-refractivity contribution is 5.79. The van der Waals surface area contributed by atoms with Crippen molar-refractivity contribution in [2.24, 2.45) is 11.7 Å². The van der Waals surface area contributed by atoms with Crippen molar-refractivity contribution in [1.29, 1.82) is 0 Å². The fourth-order valence-electron chi connectivity index (χ4n) is 1.78. The fourth-order valence-corrected chi connectivity index (χ4v) is 1.78. The van der Waals surface area contributed by atoms with Crippen LogP contribution in [0.15, 0.2) is 30.3 Å². The Labute approximate surface area is 127 Å². The lowest BCUT2D eigenvalue weighted by atomic mass is 9.95. The second kappa shape index (κ2) is 8.63. The van der Waals surface area contributed by atoms with E-state index >= 15 is 0 Å². The van der Waals surface area contributed by atoms with Crippen LogP contribution in [-0.2, 0) is 14.4 Å². The minimum absolute atomic E-state index is 0.0125. The molecule has 6 N–H and O–H groups in total. The fraction of sp³-hybridized carbons (Fsp3) is 0.357. The molecule has 0 aliphatic carbocycles. The summed E-state index contributed by atoms with van der Waals surface area (Å²) in [5.41, 5.74) is 11.1. The Morgan fingerprint density at radius 3 is 2.27 bits per heavy atom. The molecule has 0 saturated carbocycles. The molecule has 0 bridgehead atoms. The van der Waals surface area contributed by atoms with Crippen LogP contribution in [0.2, 0.25) is 0 Å². The van der Waals surface area contributed by atoms with Crippen LogP contribution in [0.3, 0.4) is 0 Å². The van der Waals surface area contributed by atoms with Gasteiger partial charge in [0.1, 0.15) is 6.04 Å². The number of carbonyl (C=O) groups excluding carboxylic acids is 1. The zero-order valence-corrected chi connectivity index (χ0v) is 11.9. The van der Waals surface area contributed by atoms with Crippen LogP contribution in [0.25, 0.3) is 0 Å². The van der Waals surface area contributed by atoms with E-state index in [-0.39, 0.29) is 25.2 Å². The summed E-state index contributed by atoms with van der Waals surface area (Å²) < 4.78 is 0. The first-order valence-electron chi connectivity index (χ1n) is 6.71. The molecule has 0 fully saturated rings. The van der Waals surface area contributed by atoms with Crippen molar-refractivity contribution in [2.45, 2.75) is 25.3 Å². The van der Waals surface area contributed by atoms with Gasteiger partial charge in [-0.3, -0.25) is 25.2 Å². The number of amides is 1. The number of carboxylic acid groups (broad SMARTS) is 2. The Morgan fingerprint density at radius 1 is 1.09 bits per heavy atom. The van der Waals surface area contributed by atoms with E-state index in [1.165, 1.54) is 0 Å². The lowest BCUT2D eigenvalue weighted by Crippen LogP contribution is -2.35. The standard InChI is InChI=1S/C14H19N3O5/c15-11(14(21)22)8-9(13(19)20)6-7-12(18)17-16-10-4-2-1-3-5-10/h1-5,9,11,16H,6-8,15H2,(H,17,18)(H,19,20)(H,21,22)/t9-,11+/m1/s1. The summed E-state index contributed by atoms with van der Waals surface area (Å²) in [5, 5.41) is 17.7. The molecule has 120 valence electrons. The Morgan fingerprint density at radius 2 is 1.73 bits per heavy atom. The number of anilines is 1. The summed E-state index contributed by atoms with van der Waals surface area (Å²) in [7, 11) is 0. The lowest BCUT2D eigenvalue weighted by molar-refractivity contribution is -0.143. The van der Waals surface area contributed by atoms with Gasteiger partial charge in [0.15, 0.2) is 0 Å². The Balaban J connectivity index is 2.39. The van der Waals surface area contributed by atoms with Crippen molar-refractivity contribution in [3.05, 3.63) is 30.3 Å². The van der Waals surface area contributed by atoms with Crippen LogP contribution in [-0.4, -0.2) is 34.1 Å². The number of aliphatic carboxylic acids is 2. The number of hydrogen-bond acceptors (Lipinski definition) is 5. The first-order chi connectivity index (χ1) is 10.4. The zero-order chi connectivity index (χ0) is 16.5. The van der Waals surface area contributed by atoms with Crippen molar-refractivity contribution in [1.82, 2.24) is 5.43 Å². The minimum atomic E-state index is -1.26. The smallest absolute Gasteiger partial charge is 0.320 e. The average molecular weight is 309 g/mol. The highest BCUT2D eigenvalue weighted by atomic mass is 16.4. The van der Waals surface area contributed by atoms with Crippen LogP contribution in [0, 0.1) is 5.92 Å². The van der Waals surface area contributed by atoms with Gasteiger partial charge in [-0.1, -0.05) is 18.2 Å². The van der Waals surface area contributed by atoms with E-state index in [9.17, 15) is 14.4 Å². The van der Waals surface area contributed by atoms with Crippen LogP contribution < -0.4 is 16.6 Å². The van der Waals surface area contributed by atoms with Crippen molar-refractivity contribution >= 4 is 23.5 Å². The highest BCUT2D eigenvalue weighted by Crippen LogP contribution is 2.14. The molecule has 0 heterocycles. The second-order valence-corrected chi connectivity index (χ2v) is 4.79. The summed E-state index contributed by atoms with van der Waals surface area (Å²) in [5.74, 6) is -3.80. The van der Waals surface area contributed by atoms with E-state index in [2.05, 4.69) is 10.9 Å². The van der Waals surface area contributed by atoms with Gasteiger partial charge in [0.25, 0.3) is 0 Å². The van der Waals surface area contributed by atoms with Gasteiger partial charge in [0.2, 0.25) is 5.91 Å². The molecule has 8 nitrogen and oxygen atoms in total. The Bertz CT molecular complexity index is 520. The van der Waals surface area contributed by atoms with Crippen molar-refractivity contribution in [3.8, 4) is 0 Å². The second-order valence-electron chi connectivity index (χ2n) is 4.79. The third kappa shape index (κ3) is 6.23. The molecule has 0 aliphatic rings. The molecule has 0 spiro atoms. The first kappa shape index (κ1) is 17.4. The summed E-state index contributed by atoms with van der Waals surface area (Å²) in [4.78, 5) is 33.4. The molecular weight excluding hydrogens is 290 g/mol. The predicted octanol–water partition coefficient (Wildman–Crippen LogP) is 0.413. The summed E-state index contributed by atoms with van der Waals surface area (Å²) in [6.45, 7) is 0. The van der Waals surface area contributed by atoms with Gasteiger partial charge in [-0.15, -0.1) is 0 Å². The van der Waals surface area contributed by atoms with Crippen molar-refractivity contribution in [3.63, 3.8) is 0 Å². The number of hydrazine groups is 1. The van der Waals surface area contributed by atoms with Gasteiger partial charge in [0, 0.05) is 6.42 Å². The summed E-state index contributed by atoms with van der Waals surface area (Å²) in [6.07, 6.45) is -0.258. The molecule has 2 atom stereocenters. The van der Waals surface area contributed by atoms with Gasteiger partial charge < -0.3 is 15.9 Å². The van der Waals surface area contributed by atoms with Gasteiger partial charge in [-0.2, -0.15) is 0 Å². The van der Waals surface area contributed by atoms with E-state index in [1.807, 2.05) is 6.07 Å². The molecule has 0 aliphatic heterocycles. The highest BCUT2D eigenvalue weighted by Gasteiger charge is 2.24. The summed E-state index contributed by atoms with van der Waals surface area (Å²) >= 11 is 0. The normalized spacial score (nSPS) is 13.0. The van der Waals surface area contributed by atoms with E-state index < -0.39 is 23.9 Å². The molecule has 0 aromatic heterocycles. The van der Waals surface area contributed by atoms with Crippen molar-refractivity contribution < 1.29 is 24.6 Å². The van der Waals surface area contributed by atoms with E-state index in [0.717, 1.165) is 0 Å². The number of carboxylic acids is 2. The molecule has 8 heteroatoms. The zero-order valence-electron chi connectivity index (χ0n) is 11.9. The molecule has 1 aromatic carbocycles. The average Bonchev–Trinajstić information content (AvgIpc) is 2.49. The number of carbonyl (C=O) groups is 3. The minimum Gasteiger partial charge on any atom is -0.481 e. The van der Waals surface area contributed by atoms with Crippen LogP contribution in [0.4, 0.5) is 5.69 Å². The topological polar surface area (TPSA) is 142 Å². The predicted molar refractivity (Wildman–Crippen MR) is 78.8 cm³/mol. The van der Waals surface area contributed by atoms with E-state index in [1.54, 1.807) is 24.3 Å². The maximum atomic E-state index is 11.6. The molecular formula is C14H19N3O5. The van der Waals surface area contributed by atoms with Crippen LogP contribution in [0.1, 0.15) is 19.3 Å². The molecule has 0 saturated heterocycles. The van der Waals surface area contributed by atoms with Crippen LogP contribution in [0.5, 0.6) is 0 Å². The lowest BCUT2D eigenvalue weighted by Gasteiger charge is -2.15. The Kier molecular flexibility index (Phi) is 6.84. The van der Waals surface area contributed by atoms with Gasteiger partial charge in [-0.25, -0.2) is 0 Å². The molecule has 0 radical (unpaired) electrons. The third-order valence-corrected chi connectivity index (χ3v) is 3.04. The molecule has 1 amide bonds. The number of para-hydroxylation sites is 1.